The number of nitrogens with zero attached hydrogens (tertiary/aromatic N) is 1. The predicted octanol–water partition coefficient (Wildman–Crippen LogP) is 3.51. The molecule has 2 rings (SSSR count). The average molecular weight is 279 g/mol. The van der Waals surface area contributed by atoms with Gasteiger partial charge in [-0.2, -0.15) is 11.8 Å². The number of fused-ring (bicyclic) bond motifs is 1. The molecule has 0 radical (unpaired) electrons. The van der Waals surface area contributed by atoms with Crippen LogP contribution < -0.4 is 11.1 Å². The maximum absolute atomic E-state index is 14.1. The molecule has 2 aromatic rings. The first-order chi connectivity index (χ1) is 9.13. The number of hydrogen-bond acceptors (Lipinski definition) is 4. The fourth-order valence-corrected chi connectivity index (χ4v) is 2.63. The number of hydrogen-bond donors (Lipinski definition) is 2. The smallest absolute Gasteiger partial charge is 0.150 e. The van der Waals surface area contributed by atoms with E-state index in [1.54, 1.807) is 12.3 Å². The zero-order valence-corrected chi connectivity index (χ0v) is 11.9. The van der Waals surface area contributed by atoms with Crippen molar-refractivity contribution >= 4 is 34.0 Å². The van der Waals surface area contributed by atoms with E-state index in [1.165, 1.54) is 6.07 Å². The Morgan fingerprint density at radius 2 is 2.32 bits per heavy atom. The van der Waals surface area contributed by atoms with Gasteiger partial charge in [0.25, 0.3) is 0 Å². The number of nitrogens with two attached hydrogens (primary N) is 1. The molecule has 102 valence electrons. The third-order valence-electron chi connectivity index (χ3n) is 2.84. The van der Waals surface area contributed by atoms with Crippen LogP contribution in [0.5, 0.6) is 0 Å². The fourth-order valence-electron chi connectivity index (χ4n) is 1.96. The Balaban J connectivity index is 2.37. The Morgan fingerprint density at radius 1 is 1.53 bits per heavy atom. The van der Waals surface area contributed by atoms with Gasteiger partial charge in [0.15, 0.2) is 5.82 Å². The van der Waals surface area contributed by atoms with Crippen LogP contribution in [0.4, 0.5) is 15.8 Å². The molecule has 0 amide bonds. The van der Waals surface area contributed by atoms with Crippen molar-refractivity contribution in [3.8, 4) is 0 Å². The van der Waals surface area contributed by atoms with E-state index in [0.717, 1.165) is 16.9 Å². The Bertz CT molecular complexity index is 574. The zero-order chi connectivity index (χ0) is 13.8. The van der Waals surface area contributed by atoms with Crippen molar-refractivity contribution in [3.63, 3.8) is 0 Å². The molecule has 0 aliphatic carbocycles. The van der Waals surface area contributed by atoms with Crippen LogP contribution in [0.15, 0.2) is 24.4 Å². The molecule has 5 heteroatoms. The number of halogens is 1. The summed E-state index contributed by atoms with van der Waals surface area (Å²) in [4.78, 5) is 4.25. The minimum atomic E-state index is -0.350. The first-order valence-electron chi connectivity index (χ1n) is 6.30. The molecule has 0 aliphatic rings. The number of benzene rings is 1. The second kappa shape index (κ2) is 6.10. The molecule has 0 spiro atoms. The predicted molar refractivity (Wildman–Crippen MR) is 82.2 cm³/mol. The highest BCUT2D eigenvalue weighted by Gasteiger charge is 2.13. The second-order valence-electron chi connectivity index (χ2n) is 4.43. The molecule has 0 aliphatic heterocycles. The van der Waals surface area contributed by atoms with Crippen LogP contribution in [0.2, 0.25) is 0 Å². The van der Waals surface area contributed by atoms with Crippen molar-refractivity contribution in [2.75, 3.05) is 22.6 Å². The summed E-state index contributed by atoms with van der Waals surface area (Å²) in [6.45, 7) is 4.14. The molecule has 0 saturated heterocycles. The summed E-state index contributed by atoms with van der Waals surface area (Å²) in [7, 11) is 0. The van der Waals surface area contributed by atoms with Gasteiger partial charge in [-0.05, 0) is 30.9 Å². The van der Waals surface area contributed by atoms with Gasteiger partial charge in [0.05, 0.1) is 11.2 Å². The lowest BCUT2D eigenvalue weighted by Gasteiger charge is -2.17. The summed E-state index contributed by atoms with van der Waals surface area (Å²) in [5.41, 5.74) is 7.27. The Morgan fingerprint density at radius 3 is 3.05 bits per heavy atom. The molecule has 3 N–H and O–H groups in total. The van der Waals surface area contributed by atoms with Gasteiger partial charge in [-0.15, -0.1) is 0 Å². The first-order valence-corrected chi connectivity index (χ1v) is 7.46. The lowest BCUT2D eigenvalue weighted by Crippen LogP contribution is -2.19. The molecular formula is C14H18FN3S. The summed E-state index contributed by atoms with van der Waals surface area (Å²) in [6.07, 6.45) is 1.65. The number of anilines is 2. The lowest BCUT2D eigenvalue weighted by atomic mass is 10.1. The van der Waals surface area contributed by atoms with E-state index < -0.39 is 0 Å². The van der Waals surface area contributed by atoms with Gasteiger partial charge in [0.2, 0.25) is 0 Å². The maximum atomic E-state index is 14.1. The summed E-state index contributed by atoms with van der Waals surface area (Å²) >= 11 is 1.82. The first kappa shape index (κ1) is 13.9. The van der Waals surface area contributed by atoms with E-state index in [0.29, 0.717) is 16.9 Å². The van der Waals surface area contributed by atoms with Gasteiger partial charge in [-0.25, -0.2) is 4.39 Å². The van der Waals surface area contributed by atoms with Gasteiger partial charge in [0.1, 0.15) is 0 Å². The highest BCUT2D eigenvalue weighted by molar-refractivity contribution is 7.99. The third kappa shape index (κ3) is 3.10. The molecule has 1 unspecified atom stereocenters. The van der Waals surface area contributed by atoms with Crippen LogP contribution in [0.1, 0.15) is 13.8 Å². The summed E-state index contributed by atoms with van der Waals surface area (Å²) in [5, 5.41) is 3.98. The van der Waals surface area contributed by atoms with E-state index in [9.17, 15) is 4.39 Å². The van der Waals surface area contributed by atoms with E-state index in [-0.39, 0.29) is 11.9 Å². The van der Waals surface area contributed by atoms with Crippen molar-refractivity contribution in [1.82, 2.24) is 4.98 Å². The fraction of sp³-hybridized carbons (Fsp3) is 0.357. The number of thioether (sulfide) groups is 1. The van der Waals surface area contributed by atoms with Crippen LogP contribution in [0.3, 0.4) is 0 Å². The SMILES string of the molecule is CCSCC(C)Nc1c(F)cc(N)c2cccnc12. The number of aromatic nitrogens is 1. The number of rotatable bonds is 5. The Kier molecular flexibility index (Phi) is 4.47. The van der Waals surface area contributed by atoms with E-state index in [2.05, 4.69) is 17.2 Å². The molecule has 1 aromatic heterocycles. The second-order valence-corrected chi connectivity index (χ2v) is 5.75. The van der Waals surface area contributed by atoms with Crippen molar-refractivity contribution in [2.24, 2.45) is 0 Å². The standard InChI is InChI=1S/C14H18FN3S/c1-3-19-8-9(2)18-14-11(15)7-12(16)10-5-4-6-17-13(10)14/h4-7,9,18H,3,8,16H2,1-2H3. The molecule has 1 aromatic carbocycles. The van der Waals surface area contributed by atoms with Crippen LogP contribution in [-0.2, 0) is 0 Å². The Hall–Kier alpha value is -1.49. The normalized spacial score (nSPS) is 12.6. The van der Waals surface area contributed by atoms with Crippen molar-refractivity contribution in [1.29, 1.82) is 0 Å². The molecule has 0 fully saturated rings. The van der Waals surface area contributed by atoms with E-state index in [1.807, 2.05) is 24.8 Å². The minimum Gasteiger partial charge on any atom is -0.398 e. The molecule has 0 bridgehead atoms. The third-order valence-corrected chi connectivity index (χ3v) is 3.98. The highest BCUT2D eigenvalue weighted by atomic mass is 32.2. The molecule has 1 atom stereocenters. The molecule has 0 saturated carbocycles. The van der Waals surface area contributed by atoms with Crippen LogP contribution in [0.25, 0.3) is 10.9 Å². The summed E-state index contributed by atoms with van der Waals surface area (Å²) < 4.78 is 14.1. The van der Waals surface area contributed by atoms with E-state index in [4.69, 9.17) is 5.73 Å². The average Bonchev–Trinajstić information content (AvgIpc) is 2.41. The van der Waals surface area contributed by atoms with Gasteiger partial charge < -0.3 is 11.1 Å². The van der Waals surface area contributed by atoms with Crippen LogP contribution in [0, 0.1) is 5.82 Å². The van der Waals surface area contributed by atoms with Crippen LogP contribution >= 0.6 is 11.8 Å². The summed E-state index contributed by atoms with van der Waals surface area (Å²) in [6, 6.07) is 5.18. The van der Waals surface area contributed by atoms with Gasteiger partial charge >= 0.3 is 0 Å². The molecule has 3 nitrogen and oxygen atoms in total. The molecule has 19 heavy (non-hydrogen) atoms. The maximum Gasteiger partial charge on any atom is 0.150 e. The highest BCUT2D eigenvalue weighted by Crippen LogP contribution is 2.30. The van der Waals surface area contributed by atoms with Crippen molar-refractivity contribution < 1.29 is 4.39 Å². The largest absolute Gasteiger partial charge is 0.398 e. The van der Waals surface area contributed by atoms with Crippen molar-refractivity contribution in [2.45, 2.75) is 19.9 Å². The number of pyridine rings is 1. The van der Waals surface area contributed by atoms with E-state index >= 15 is 0 Å². The van der Waals surface area contributed by atoms with Gasteiger partial charge in [0, 0.05) is 29.1 Å². The monoisotopic (exact) mass is 279 g/mol. The number of nitrogens with one attached hydrogen (secondary N) is 1. The van der Waals surface area contributed by atoms with Gasteiger partial charge in [-0.1, -0.05) is 6.92 Å². The lowest BCUT2D eigenvalue weighted by molar-refractivity contribution is 0.630. The quantitative estimate of drug-likeness (QED) is 0.822. The minimum absolute atomic E-state index is 0.174. The topological polar surface area (TPSA) is 50.9 Å². The number of nitrogen functional groups attached to an aromatic ring is 1. The van der Waals surface area contributed by atoms with Crippen molar-refractivity contribution in [3.05, 3.63) is 30.2 Å². The molecular weight excluding hydrogens is 261 g/mol. The Labute approximate surface area is 116 Å². The molecule has 1 heterocycles. The van der Waals surface area contributed by atoms with Gasteiger partial charge in [-0.3, -0.25) is 4.98 Å². The zero-order valence-electron chi connectivity index (χ0n) is 11.1. The van der Waals surface area contributed by atoms with Crippen LogP contribution in [-0.4, -0.2) is 22.5 Å². The summed E-state index contributed by atoms with van der Waals surface area (Å²) in [5.74, 6) is 1.63.